The molecule has 3 rings (SSSR count). The Labute approximate surface area is 160 Å². The van der Waals surface area contributed by atoms with E-state index in [0.717, 1.165) is 10.3 Å². The van der Waals surface area contributed by atoms with Gasteiger partial charge in [-0.25, -0.2) is 13.4 Å². The molecule has 0 aliphatic rings. The first-order chi connectivity index (χ1) is 12.3. The average Bonchev–Trinajstić information content (AvgIpc) is 2.97. The van der Waals surface area contributed by atoms with Gasteiger partial charge in [-0.05, 0) is 49.7 Å². The van der Waals surface area contributed by atoms with Crippen LogP contribution in [0.3, 0.4) is 0 Å². The minimum absolute atomic E-state index is 0.0372. The van der Waals surface area contributed by atoms with Crippen LogP contribution in [0.25, 0.3) is 10.2 Å². The second-order valence-corrected chi connectivity index (χ2v) is 8.53. The van der Waals surface area contributed by atoms with Crippen molar-refractivity contribution in [1.82, 2.24) is 4.98 Å². The molecule has 138 valence electrons. The Bertz CT molecular complexity index is 1060. The molecule has 0 aliphatic heterocycles. The van der Waals surface area contributed by atoms with Crippen LogP contribution in [-0.4, -0.2) is 27.1 Å². The third-order valence-corrected chi connectivity index (χ3v) is 6.46. The van der Waals surface area contributed by atoms with Crippen LogP contribution in [0.4, 0.5) is 5.13 Å². The van der Waals surface area contributed by atoms with Crippen LogP contribution in [0, 0.1) is 6.92 Å². The van der Waals surface area contributed by atoms with E-state index in [9.17, 15) is 8.42 Å². The van der Waals surface area contributed by atoms with Gasteiger partial charge in [0.1, 0.15) is 16.4 Å². The zero-order valence-corrected chi connectivity index (χ0v) is 16.8. The number of sulfonamides is 1. The summed E-state index contributed by atoms with van der Waals surface area (Å²) in [6.07, 6.45) is 0. The number of nitrogens with one attached hydrogen (secondary N) is 1. The van der Waals surface area contributed by atoms with E-state index in [1.807, 2.05) is 13.0 Å². The van der Waals surface area contributed by atoms with Crippen molar-refractivity contribution in [2.24, 2.45) is 0 Å². The van der Waals surface area contributed by atoms with Crippen molar-refractivity contribution in [3.63, 3.8) is 0 Å². The number of thiazole rings is 1. The SMILES string of the molecule is CCOc1ccc2nc(NS(=O)(=O)c3cc(Cl)c(C)cc3OC)sc2c1. The van der Waals surface area contributed by atoms with Crippen LogP contribution < -0.4 is 14.2 Å². The van der Waals surface area contributed by atoms with Crippen molar-refractivity contribution in [3.8, 4) is 11.5 Å². The van der Waals surface area contributed by atoms with Crippen molar-refractivity contribution in [1.29, 1.82) is 0 Å². The summed E-state index contributed by atoms with van der Waals surface area (Å²) in [5, 5.41) is 0.601. The Kier molecular flexibility index (Phi) is 5.27. The molecule has 0 saturated carbocycles. The molecule has 0 spiro atoms. The normalized spacial score (nSPS) is 11.5. The maximum absolute atomic E-state index is 12.8. The number of anilines is 1. The predicted molar refractivity (Wildman–Crippen MR) is 104 cm³/mol. The highest BCUT2D eigenvalue weighted by Gasteiger charge is 2.23. The van der Waals surface area contributed by atoms with Crippen LogP contribution in [0.1, 0.15) is 12.5 Å². The van der Waals surface area contributed by atoms with E-state index < -0.39 is 10.0 Å². The third-order valence-electron chi connectivity index (χ3n) is 3.63. The van der Waals surface area contributed by atoms with Gasteiger partial charge in [-0.2, -0.15) is 0 Å². The van der Waals surface area contributed by atoms with Crippen molar-refractivity contribution in [3.05, 3.63) is 40.9 Å². The highest BCUT2D eigenvalue weighted by Crippen LogP contribution is 2.34. The second kappa shape index (κ2) is 7.30. The standard InChI is InChI=1S/C17H17ClN2O4S2/c1-4-24-11-5-6-13-15(8-11)25-17(19-13)20-26(21,22)16-9-12(18)10(2)7-14(16)23-3/h5-9H,4H2,1-3H3,(H,19,20). The molecule has 3 aromatic rings. The Balaban J connectivity index is 1.97. The van der Waals surface area contributed by atoms with Crippen LogP contribution in [-0.2, 0) is 10.0 Å². The van der Waals surface area contributed by atoms with E-state index in [4.69, 9.17) is 21.1 Å². The molecule has 0 atom stereocenters. The number of rotatable bonds is 6. The molecular formula is C17H17ClN2O4S2. The fourth-order valence-electron chi connectivity index (χ4n) is 2.38. The van der Waals surface area contributed by atoms with Gasteiger partial charge in [0.25, 0.3) is 10.0 Å². The van der Waals surface area contributed by atoms with Gasteiger partial charge >= 0.3 is 0 Å². The van der Waals surface area contributed by atoms with E-state index in [1.165, 1.54) is 24.5 Å². The van der Waals surface area contributed by atoms with E-state index in [0.29, 0.717) is 22.9 Å². The maximum Gasteiger partial charge on any atom is 0.267 e. The lowest BCUT2D eigenvalue weighted by atomic mass is 10.2. The first-order valence-corrected chi connectivity index (χ1v) is 10.4. The van der Waals surface area contributed by atoms with Crippen LogP contribution in [0.15, 0.2) is 35.2 Å². The topological polar surface area (TPSA) is 77.5 Å². The van der Waals surface area contributed by atoms with Gasteiger partial charge in [0, 0.05) is 5.02 Å². The number of aryl methyl sites for hydroxylation is 1. The summed E-state index contributed by atoms with van der Waals surface area (Å²) in [5.41, 5.74) is 1.41. The Morgan fingerprint density at radius 2 is 2.04 bits per heavy atom. The Hall–Kier alpha value is -2.03. The summed E-state index contributed by atoms with van der Waals surface area (Å²) < 4.78 is 39.5. The van der Waals surface area contributed by atoms with Crippen molar-refractivity contribution >= 4 is 48.3 Å². The minimum Gasteiger partial charge on any atom is -0.495 e. The molecule has 6 nitrogen and oxygen atoms in total. The maximum atomic E-state index is 12.8. The second-order valence-electron chi connectivity index (χ2n) is 5.44. The first-order valence-electron chi connectivity index (χ1n) is 7.74. The molecule has 0 amide bonds. The number of benzene rings is 2. The predicted octanol–water partition coefficient (Wildman–Crippen LogP) is 4.47. The molecule has 0 fully saturated rings. The number of nitrogens with zero attached hydrogens (tertiary/aromatic N) is 1. The quantitative estimate of drug-likeness (QED) is 0.646. The number of aromatic nitrogens is 1. The number of fused-ring (bicyclic) bond motifs is 1. The van der Waals surface area contributed by atoms with Gasteiger partial charge < -0.3 is 9.47 Å². The lowest BCUT2D eigenvalue weighted by Gasteiger charge is -2.11. The Morgan fingerprint density at radius 1 is 1.27 bits per heavy atom. The van der Waals surface area contributed by atoms with Gasteiger partial charge in [0.2, 0.25) is 0 Å². The molecule has 26 heavy (non-hydrogen) atoms. The van der Waals surface area contributed by atoms with Gasteiger partial charge in [-0.3, -0.25) is 4.72 Å². The number of ether oxygens (including phenoxy) is 2. The van der Waals surface area contributed by atoms with Crippen LogP contribution >= 0.6 is 22.9 Å². The molecule has 0 aliphatic carbocycles. The van der Waals surface area contributed by atoms with Crippen molar-refractivity contribution in [2.45, 2.75) is 18.7 Å². The molecule has 2 aromatic carbocycles. The monoisotopic (exact) mass is 412 g/mol. The molecule has 1 heterocycles. The Morgan fingerprint density at radius 3 is 2.73 bits per heavy atom. The average molecular weight is 413 g/mol. The molecule has 1 aromatic heterocycles. The van der Waals surface area contributed by atoms with Crippen LogP contribution in [0.5, 0.6) is 11.5 Å². The molecule has 0 saturated heterocycles. The van der Waals surface area contributed by atoms with Gasteiger partial charge in [-0.15, -0.1) is 0 Å². The zero-order valence-electron chi connectivity index (χ0n) is 14.4. The number of halogens is 1. The number of hydrogen-bond acceptors (Lipinski definition) is 6. The summed E-state index contributed by atoms with van der Waals surface area (Å²) in [5.74, 6) is 0.934. The summed E-state index contributed by atoms with van der Waals surface area (Å²) in [4.78, 5) is 4.28. The van der Waals surface area contributed by atoms with Gasteiger partial charge in [0.05, 0.1) is 23.9 Å². The minimum atomic E-state index is -3.91. The zero-order chi connectivity index (χ0) is 18.9. The number of hydrogen-bond donors (Lipinski definition) is 1. The van der Waals surface area contributed by atoms with E-state index in [-0.39, 0.29) is 15.8 Å². The molecule has 1 N–H and O–H groups in total. The summed E-state index contributed by atoms with van der Waals surface area (Å²) in [6.45, 7) is 4.23. The molecule has 0 radical (unpaired) electrons. The van der Waals surface area contributed by atoms with Crippen molar-refractivity contribution < 1.29 is 17.9 Å². The fraction of sp³-hybridized carbons (Fsp3) is 0.235. The van der Waals surface area contributed by atoms with Gasteiger partial charge in [0.15, 0.2) is 5.13 Å². The smallest absolute Gasteiger partial charge is 0.267 e. The summed E-state index contributed by atoms with van der Waals surface area (Å²) in [6, 6.07) is 8.38. The third kappa shape index (κ3) is 3.72. The fourth-order valence-corrected chi connectivity index (χ4v) is 4.92. The molecule has 0 bridgehead atoms. The van der Waals surface area contributed by atoms with E-state index >= 15 is 0 Å². The summed E-state index contributed by atoms with van der Waals surface area (Å²) in [7, 11) is -2.49. The molecule has 9 heteroatoms. The number of methoxy groups -OCH3 is 1. The molecule has 0 unspecified atom stereocenters. The molecular weight excluding hydrogens is 396 g/mol. The highest BCUT2D eigenvalue weighted by molar-refractivity contribution is 7.93. The first kappa shape index (κ1) is 18.8. The lowest BCUT2D eigenvalue weighted by Crippen LogP contribution is -2.14. The van der Waals surface area contributed by atoms with E-state index in [2.05, 4.69) is 9.71 Å². The van der Waals surface area contributed by atoms with E-state index in [1.54, 1.807) is 25.1 Å². The van der Waals surface area contributed by atoms with Gasteiger partial charge in [-0.1, -0.05) is 22.9 Å². The summed E-state index contributed by atoms with van der Waals surface area (Å²) >= 11 is 7.31. The van der Waals surface area contributed by atoms with Crippen LogP contribution in [0.2, 0.25) is 5.02 Å². The lowest BCUT2D eigenvalue weighted by molar-refractivity contribution is 0.341. The van der Waals surface area contributed by atoms with Crippen molar-refractivity contribution in [2.75, 3.05) is 18.4 Å². The largest absolute Gasteiger partial charge is 0.495 e. The highest BCUT2D eigenvalue weighted by atomic mass is 35.5.